The fraction of sp³-hybridized carbons (Fsp3) is 0.0625. The number of carboxylic acid groups (broad SMARTS) is 1. The van der Waals surface area contributed by atoms with Gasteiger partial charge < -0.3 is 10.4 Å². The highest BCUT2D eigenvalue weighted by atomic mass is 16.4. The molecule has 2 N–H and O–H groups in total. The molecule has 2 heterocycles. The zero-order valence-electron chi connectivity index (χ0n) is 12.1. The van der Waals surface area contributed by atoms with E-state index in [2.05, 4.69) is 20.3 Å². The Morgan fingerprint density at radius 1 is 1.04 bits per heavy atom. The third-order valence-corrected chi connectivity index (χ3v) is 3.22. The number of benzene rings is 1. The number of aromatic nitrogens is 3. The summed E-state index contributed by atoms with van der Waals surface area (Å²) >= 11 is 0. The number of para-hydroxylation sites is 1. The van der Waals surface area contributed by atoms with E-state index in [0.29, 0.717) is 11.2 Å². The van der Waals surface area contributed by atoms with E-state index < -0.39 is 17.6 Å². The van der Waals surface area contributed by atoms with Gasteiger partial charge in [0, 0.05) is 23.5 Å². The van der Waals surface area contributed by atoms with Crippen LogP contribution >= 0.6 is 0 Å². The van der Waals surface area contributed by atoms with Crippen molar-refractivity contribution in [1.29, 1.82) is 0 Å². The van der Waals surface area contributed by atoms with Gasteiger partial charge in [0.25, 0.3) is 5.91 Å². The molecule has 3 rings (SSSR count). The van der Waals surface area contributed by atoms with Gasteiger partial charge in [0.2, 0.25) is 0 Å². The van der Waals surface area contributed by atoms with E-state index in [1.807, 2.05) is 25.1 Å². The molecule has 0 fully saturated rings. The van der Waals surface area contributed by atoms with Gasteiger partial charge in [-0.3, -0.25) is 9.78 Å². The van der Waals surface area contributed by atoms with E-state index in [9.17, 15) is 9.59 Å². The lowest BCUT2D eigenvalue weighted by Crippen LogP contribution is -2.19. The summed E-state index contributed by atoms with van der Waals surface area (Å²) in [6.07, 6.45) is 2.50. The number of nitrogens with zero attached hydrogens (tertiary/aromatic N) is 3. The first-order valence-corrected chi connectivity index (χ1v) is 6.78. The normalized spacial score (nSPS) is 10.5. The number of rotatable bonds is 3. The molecule has 0 saturated carbocycles. The van der Waals surface area contributed by atoms with Crippen LogP contribution in [0.3, 0.4) is 0 Å². The molecule has 0 atom stereocenters. The Balaban J connectivity index is 2.01. The molecule has 3 aromatic rings. The van der Waals surface area contributed by atoms with Crippen molar-refractivity contribution in [3.8, 4) is 0 Å². The third-order valence-electron chi connectivity index (χ3n) is 3.22. The van der Waals surface area contributed by atoms with Crippen molar-refractivity contribution in [3.63, 3.8) is 0 Å². The zero-order valence-corrected chi connectivity index (χ0v) is 12.1. The van der Waals surface area contributed by atoms with E-state index >= 15 is 0 Å². The highest BCUT2D eigenvalue weighted by Crippen LogP contribution is 2.22. The lowest BCUT2D eigenvalue weighted by molar-refractivity contribution is 0.0685. The average Bonchev–Trinajstić information content (AvgIpc) is 2.55. The number of hydrogen-bond donors (Lipinski definition) is 2. The number of carboxylic acids is 1. The Bertz CT molecular complexity index is 924. The number of carbonyl (C=O) groups excluding carboxylic acids is 1. The highest BCUT2D eigenvalue weighted by molar-refractivity contribution is 6.11. The second-order valence-corrected chi connectivity index (χ2v) is 4.84. The first kappa shape index (κ1) is 14.6. The van der Waals surface area contributed by atoms with E-state index in [-0.39, 0.29) is 5.69 Å². The number of aromatic carboxylic acids is 1. The quantitative estimate of drug-likeness (QED) is 0.769. The van der Waals surface area contributed by atoms with Gasteiger partial charge in [0.1, 0.15) is 0 Å². The predicted octanol–water partition coefficient (Wildman–Crippen LogP) is 2.28. The molecule has 0 bridgehead atoms. The molecule has 1 amide bonds. The molecule has 0 radical (unpaired) electrons. The maximum atomic E-state index is 12.4. The molecular formula is C16H12N4O3. The molecule has 23 heavy (non-hydrogen) atoms. The molecule has 7 nitrogen and oxygen atoms in total. The van der Waals surface area contributed by atoms with Crippen LogP contribution in [0.15, 0.2) is 42.7 Å². The molecule has 114 valence electrons. The fourth-order valence-corrected chi connectivity index (χ4v) is 2.19. The number of anilines is 1. The summed E-state index contributed by atoms with van der Waals surface area (Å²) in [5.74, 6) is -1.96. The topological polar surface area (TPSA) is 105 Å². The second-order valence-electron chi connectivity index (χ2n) is 4.84. The van der Waals surface area contributed by atoms with Crippen molar-refractivity contribution in [1.82, 2.24) is 15.0 Å². The number of hydrogen-bond acceptors (Lipinski definition) is 5. The summed E-state index contributed by atoms with van der Waals surface area (Å²) in [4.78, 5) is 35.4. The molecule has 0 saturated heterocycles. The van der Waals surface area contributed by atoms with Gasteiger partial charge in [-0.05, 0) is 19.1 Å². The fourth-order valence-electron chi connectivity index (χ4n) is 2.19. The molecule has 0 aliphatic carbocycles. The van der Waals surface area contributed by atoms with Crippen LogP contribution in [0.25, 0.3) is 10.9 Å². The molecule has 0 unspecified atom stereocenters. The van der Waals surface area contributed by atoms with Crippen molar-refractivity contribution >= 4 is 28.5 Å². The van der Waals surface area contributed by atoms with Crippen LogP contribution in [0, 0.1) is 6.92 Å². The number of nitrogens with one attached hydrogen (secondary N) is 1. The third kappa shape index (κ3) is 2.84. The number of pyridine rings is 1. The summed E-state index contributed by atoms with van der Waals surface area (Å²) in [5.41, 5.74) is 1.28. The average molecular weight is 308 g/mol. The first-order chi connectivity index (χ1) is 11.1. The molecule has 0 aliphatic heterocycles. The molecule has 0 spiro atoms. The van der Waals surface area contributed by atoms with Gasteiger partial charge in [-0.1, -0.05) is 18.2 Å². The lowest BCUT2D eigenvalue weighted by Gasteiger charge is -2.09. The number of aryl methyl sites for hydroxylation is 1. The van der Waals surface area contributed by atoms with E-state index in [1.54, 1.807) is 12.1 Å². The van der Waals surface area contributed by atoms with Gasteiger partial charge >= 0.3 is 5.97 Å². The molecule has 0 aliphatic rings. The summed E-state index contributed by atoms with van der Waals surface area (Å²) < 4.78 is 0. The minimum atomic E-state index is -1.31. The first-order valence-electron chi connectivity index (χ1n) is 6.78. The van der Waals surface area contributed by atoms with Gasteiger partial charge in [0.05, 0.1) is 11.2 Å². The minimum Gasteiger partial charge on any atom is -0.476 e. The van der Waals surface area contributed by atoms with Gasteiger partial charge in [0.15, 0.2) is 11.4 Å². The van der Waals surface area contributed by atoms with Crippen molar-refractivity contribution in [2.24, 2.45) is 0 Å². The van der Waals surface area contributed by atoms with Crippen LogP contribution < -0.4 is 5.32 Å². The Hall–Kier alpha value is -3.35. The number of fused-ring (bicyclic) bond motifs is 1. The Morgan fingerprint density at radius 2 is 1.78 bits per heavy atom. The van der Waals surface area contributed by atoms with Crippen LogP contribution in [0.2, 0.25) is 0 Å². The summed E-state index contributed by atoms with van der Waals surface area (Å²) in [6, 6.07) is 9.13. The SMILES string of the molecule is Cc1ccc2cccc(NC(=O)c3nccnc3C(=O)O)c2n1. The van der Waals surface area contributed by atoms with Crippen LogP contribution in [0.4, 0.5) is 5.69 Å². The molecular weight excluding hydrogens is 296 g/mol. The summed E-state index contributed by atoms with van der Waals surface area (Å²) in [6.45, 7) is 1.85. The molecule has 1 aromatic carbocycles. The Kier molecular flexibility index (Phi) is 3.68. The minimum absolute atomic E-state index is 0.246. The number of carbonyl (C=O) groups is 2. The second kappa shape index (κ2) is 5.80. The number of amides is 1. The smallest absolute Gasteiger partial charge is 0.356 e. The van der Waals surface area contributed by atoms with E-state index in [0.717, 1.165) is 11.1 Å². The summed E-state index contributed by atoms with van der Waals surface area (Å²) in [7, 11) is 0. The maximum absolute atomic E-state index is 12.4. The van der Waals surface area contributed by atoms with Crippen LogP contribution in [0.5, 0.6) is 0 Å². The van der Waals surface area contributed by atoms with Crippen LogP contribution in [-0.2, 0) is 0 Å². The largest absolute Gasteiger partial charge is 0.476 e. The monoisotopic (exact) mass is 308 g/mol. The van der Waals surface area contributed by atoms with Crippen LogP contribution in [-0.4, -0.2) is 31.9 Å². The zero-order chi connectivity index (χ0) is 16.4. The van der Waals surface area contributed by atoms with E-state index in [4.69, 9.17) is 5.11 Å². The highest BCUT2D eigenvalue weighted by Gasteiger charge is 2.20. The molecule has 2 aromatic heterocycles. The standard InChI is InChI=1S/C16H12N4O3/c1-9-5-6-10-3-2-4-11(12(10)19-9)20-15(21)13-14(16(22)23)18-8-7-17-13/h2-8H,1H3,(H,20,21)(H,22,23). The van der Waals surface area contributed by atoms with Crippen molar-refractivity contribution in [3.05, 3.63) is 59.8 Å². The van der Waals surface area contributed by atoms with Crippen molar-refractivity contribution in [2.45, 2.75) is 6.92 Å². The maximum Gasteiger partial charge on any atom is 0.356 e. The van der Waals surface area contributed by atoms with Gasteiger partial charge in [-0.15, -0.1) is 0 Å². The Morgan fingerprint density at radius 3 is 2.52 bits per heavy atom. The van der Waals surface area contributed by atoms with Crippen LogP contribution in [0.1, 0.15) is 26.7 Å². The molecule has 7 heteroatoms. The predicted molar refractivity (Wildman–Crippen MR) is 83.4 cm³/mol. The van der Waals surface area contributed by atoms with E-state index in [1.165, 1.54) is 12.4 Å². The van der Waals surface area contributed by atoms with Crippen molar-refractivity contribution in [2.75, 3.05) is 5.32 Å². The van der Waals surface area contributed by atoms with Gasteiger partial charge in [-0.2, -0.15) is 0 Å². The lowest BCUT2D eigenvalue weighted by atomic mass is 10.1. The summed E-state index contributed by atoms with van der Waals surface area (Å²) in [5, 5.41) is 12.6. The van der Waals surface area contributed by atoms with Crippen molar-refractivity contribution < 1.29 is 14.7 Å². The Labute approximate surface area is 131 Å². The van der Waals surface area contributed by atoms with Gasteiger partial charge in [-0.25, -0.2) is 14.8 Å².